The summed E-state index contributed by atoms with van der Waals surface area (Å²) < 4.78 is 5.81. The van der Waals surface area contributed by atoms with Crippen LogP contribution in [0.3, 0.4) is 0 Å². The summed E-state index contributed by atoms with van der Waals surface area (Å²) in [4.78, 5) is 23.5. The molecule has 0 aromatic heterocycles. The first kappa shape index (κ1) is 19.0. The van der Waals surface area contributed by atoms with Crippen molar-refractivity contribution in [2.75, 3.05) is 5.32 Å². The number of rotatable bonds is 6. The summed E-state index contributed by atoms with van der Waals surface area (Å²) in [6.07, 6.45) is 0. The highest BCUT2D eigenvalue weighted by Crippen LogP contribution is 2.25. The molecule has 0 fully saturated rings. The number of benzene rings is 3. The van der Waals surface area contributed by atoms with Gasteiger partial charge < -0.3 is 15.8 Å². The second-order valence-corrected chi connectivity index (χ2v) is 6.28. The minimum Gasteiger partial charge on any atom is -0.457 e. The lowest BCUT2D eigenvalue weighted by Gasteiger charge is -2.19. The summed E-state index contributed by atoms with van der Waals surface area (Å²) in [5.41, 5.74) is 7.66. The average Bonchev–Trinajstić information content (AvgIpc) is 2.69. The number of anilines is 1. The molecule has 0 saturated heterocycles. The number of aryl methyl sites for hydroxylation is 1. The van der Waals surface area contributed by atoms with Gasteiger partial charge in [0.1, 0.15) is 17.5 Å². The summed E-state index contributed by atoms with van der Waals surface area (Å²) in [6.45, 7) is 2.02. The van der Waals surface area contributed by atoms with E-state index in [2.05, 4.69) is 10.6 Å². The molecule has 3 rings (SSSR count). The topological polar surface area (TPSA) is 93.4 Å². The van der Waals surface area contributed by atoms with Crippen LogP contribution in [0.4, 0.5) is 10.5 Å². The number of ether oxygens (including phenoxy) is 1. The van der Waals surface area contributed by atoms with Gasteiger partial charge in [-0.1, -0.05) is 48.0 Å². The van der Waals surface area contributed by atoms with Crippen LogP contribution in [0, 0.1) is 6.92 Å². The van der Waals surface area contributed by atoms with Gasteiger partial charge in [-0.25, -0.2) is 4.79 Å². The molecule has 0 aliphatic rings. The van der Waals surface area contributed by atoms with Crippen molar-refractivity contribution in [1.29, 1.82) is 0 Å². The van der Waals surface area contributed by atoms with Crippen LogP contribution in [-0.2, 0) is 4.79 Å². The molecule has 4 N–H and O–H groups in total. The Morgan fingerprint density at radius 3 is 2.00 bits per heavy atom. The molecule has 1 atom stereocenters. The molecule has 0 aliphatic carbocycles. The smallest absolute Gasteiger partial charge is 0.318 e. The number of hydrogen-bond donors (Lipinski definition) is 3. The van der Waals surface area contributed by atoms with Gasteiger partial charge in [0.05, 0.1) is 0 Å². The van der Waals surface area contributed by atoms with Crippen molar-refractivity contribution in [3.63, 3.8) is 0 Å². The number of nitrogens with two attached hydrogens (primary N) is 1. The van der Waals surface area contributed by atoms with E-state index in [1.54, 1.807) is 36.4 Å². The highest BCUT2D eigenvalue weighted by Gasteiger charge is 2.21. The van der Waals surface area contributed by atoms with E-state index < -0.39 is 18.0 Å². The lowest BCUT2D eigenvalue weighted by atomic mass is 10.1. The van der Waals surface area contributed by atoms with Crippen LogP contribution in [0.5, 0.6) is 11.5 Å². The molecule has 0 aliphatic heterocycles. The lowest BCUT2D eigenvalue weighted by molar-refractivity contribution is -0.120. The summed E-state index contributed by atoms with van der Waals surface area (Å²) in [7, 11) is 0. The van der Waals surface area contributed by atoms with Gasteiger partial charge in [0, 0.05) is 5.69 Å². The van der Waals surface area contributed by atoms with Crippen molar-refractivity contribution < 1.29 is 14.3 Å². The molecule has 142 valence electrons. The van der Waals surface area contributed by atoms with Crippen molar-refractivity contribution in [3.8, 4) is 11.5 Å². The monoisotopic (exact) mass is 375 g/mol. The maximum Gasteiger partial charge on any atom is 0.318 e. The third-order valence-electron chi connectivity index (χ3n) is 4.06. The van der Waals surface area contributed by atoms with Crippen LogP contribution in [-0.4, -0.2) is 11.9 Å². The van der Waals surface area contributed by atoms with Crippen LogP contribution in [0.25, 0.3) is 0 Å². The first-order chi connectivity index (χ1) is 13.5. The fraction of sp³-hybridized carbons (Fsp3) is 0.0909. The van der Waals surface area contributed by atoms with Gasteiger partial charge in [0.2, 0.25) is 0 Å². The van der Waals surface area contributed by atoms with Gasteiger partial charge in [0.15, 0.2) is 0 Å². The van der Waals surface area contributed by atoms with Crippen LogP contribution < -0.4 is 21.1 Å². The van der Waals surface area contributed by atoms with Crippen LogP contribution >= 0.6 is 0 Å². The molecule has 0 unspecified atom stereocenters. The fourth-order valence-corrected chi connectivity index (χ4v) is 2.67. The number of carbonyl (C=O) groups excluding carboxylic acids is 2. The highest BCUT2D eigenvalue weighted by molar-refractivity contribution is 5.98. The zero-order valence-corrected chi connectivity index (χ0v) is 15.4. The first-order valence-electron chi connectivity index (χ1n) is 8.77. The summed E-state index contributed by atoms with van der Waals surface area (Å²) in [6, 6.07) is 22.4. The SMILES string of the molecule is Cc1ccc(Oc2ccc(N[C@@H](C(=O)NC(N)=O)c3ccccc3)cc2)cc1. The summed E-state index contributed by atoms with van der Waals surface area (Å²) >= 11 is 0. The molecule has 0 saturated carbocycles. The highest BCUT2D eigenvalue weighted by atomic mass is 16.5. The number of primary amides is 1. The van der Waals surface area contributed by atoms with E-state index in [1.165, 1.54) is 0 Å². The van der Waals surface area contributed by atoms with Gasteiger partial charge in [-0.05, 0) is 48.9 Å². The van der Waals surface area contributed by atoms with Crippen molar-refractivity contribution in [2.24, 2.45) is 5.73 Å². The number of hydrogen-bond acceptors (Lipinski definition) is 4. The molecular weight excluding hydrogens is 354 g/mol. The predicted molar refractivity (Wildman–Crippen MR) is 108 cm³/mol. The number of urea groups is 1. The van der Waals surface area contributed by atoms with Crippen LogP contribution in [0.2, 0.25) is 0 Å². The van der Waals surface area contributed by atoms with Crippen LogP contribution in [0.15, 0.2) is 78.9 Å². The Labute approximate surface area is 163 Å². The second-order valence-electron chi connectivity index (χ2n) is 6.28. The Bertz CT molecular complexity index is 939. The number of amides is 3. The Balaban J connectivity index is 1.74. The Hall–Kier alpha value is -3.80. The van der Waals surface area contributed by atoms with E-state index >= 15 is 0 Å². The van der Waals surface area contributed by atoms with Gasteiger partial charge in [0.25, 0.3) is 5.91 Å². The maximum absolute atomic E-state index is 12.4. The zero-order chi connectivity index (χ0) is 19.9. The molecule has 6 nitrogen and oxygen atoms in total. The predicted octanol–water partition coefficient (Wildman–Crippen LogP) is 4.14. The van der Waals surface area contributed by atoms with Crippen molar-refractivity contribution >= 4 is 17.6 Å². The minimum absolute atomic E-state index is 0.529. The van der Waals surface area contributed by atoms with E-state index in [1.807, 2.05) is 49.4 Å². The van der Waals surface area contributed by atoms with Crippen molar-refractivity contribution in [1.82, 2.24) is 5.32 Å². The normalized spacial score (nSPS) is 11.3. The van der Waals surface area contributed by atoms with Gasteiger partial charge in [-0.3, -0.25) is 10.1 Å². The van der Waals surface area contributed by atoms with E-state index in [0.717, 1.165) is 11.3 Å². The van der Waals surface area contributed by atoms with Crippen LogP contribution in [0.1, 0.15) is 17.2 Å². The lowest BCUT2D eigenvalue weighted by Crippen LogP contribution is -2.40. The van der Waals surface area contributed by atoms with E-state index in [0.29, 0.717) is 17.0 Å². The zero-order valence-electron chi connectivity index (χ0n) is 15.4. The third-order valence-corrected chi connectivity index (χ3v) is 4.06. The largest absolute Gasteiger partial charge is 0.457 e. The molecular formula is C22H21N3O3. The standard InChI is InChI=1S/C22H21N3O3/c1-15-7-11-18(12-8-15)28-19-13-9-17(10-14-19)24-20(21(26)25-22(23)27)16-5-3-2-4-6-16/h2-14,20,24H,1H3,(H3,23,25,26,27)/t20-/m1/s1. The summed E-state index contributed by atoms with van der Waals surface area (Å²) in [5, 5.41) is 5.25. The Kier molecular flexibility index (Phi) is 5.91. The Morgan fingerprint density at radius 1 is 0.857 bits per heavy atom. The molecule has 3 amide bonds. The molecule has 0 bridgehead atoms. The number of nitrogens with one attached hydrogen (secondary N) is 2. The first-order valence-corrected chi connectivity index (χ1v) is 8.77. The van der Waals surface area contributed by atoms with Gasteiger partial charge >= 0.3 is 6.03 Å². The minimum atomic E-state index is -0.894. The molecule has 0 spiro atoms. The average molecular weight is 375 g/mol. The Morgan fingerprint density at radius 2 is 1.43 bits per heavy atom. The van der Waals surface area contributed by atoms with E-state index in [-0.39, 0.29) is 0 Å². The van der Waals surface area contributed by atoms with Gasteiger partial charge in [-0.2, -0.15) is 0 Å². The summed E-state index contributed by atoms with van der Waals surface area (Å²) in [5.74, 6) is 0.889. The fourth-order valence-electron chi connectivity index (χ4n) is 2.67. The molecule has 28 heavy (non-hydrogen) atoms. The second kappa shape index (κ2) is 8.73. The molecule has 0 heterocycles. The molecule has 6 heteroatoms. The quantitative estimate of drug-likeness (QED) is 0.604. The van der Waals surface area contributed by atoms with E-state index in [9.17, 15) is 9.59 Å². The number of carbonyl (C=O) groups is 2. The van der Waals surface area contributed by atoms with Crippen molar-refractivity contribution in [3.05, 3.63) is 90.0 Å². The molecule has 3 aromatic rings. The number of imide groups is 1. The maximum atomic E-state index is 12.4. The van der Waals surface area contributed by atoms with Crippen molar-refractivity contribution in [2.45, 2.75) is 13.0 Å². The van der Waals surface area contributed by atoms with Gasteiger partial charge in [-0.15, -0.1) is 0 Å². The van der Waals surface area contributed by atoms with E-state index in [4.69, 9.17) is 10.5 Å². The molecule has 0 radical (unpaired) electrons. The molecule has 3 aromatic carbocycles. The third kappa shape index (κ3) is 5.11.